The zero-order valence-corrected chi connectivity index (χ0v) is 10.2. The van der Waals surface area contributed by atoms with Crippen LogP contribution in [0.5, 0.6) is 0 Å². The van der Waals surface area contributed by atoms with Crippen molar-refractivity contribution < 1.29 is 22.7 Å². The number of nitrogens with zero attached hydrogens (tertiary/aromatic N) is 1. The van der Waals surface area contributed by atoms with Crippen LogP contribution >= 0.6 is 0 Å². The van der Waals surface area contributed by atoms with Crippen molar-refractivity contribution in [1.29, 1.82) is 5.26 Å². The van der Waals surface area contributed by atoms with E-state index in [2.05, 4.69) is 4.74 Å². The zero-order chi connectivity index (χ0) is 14.5. The average molecular weight is 271 g/mol. The molecule has 0 saturated heterocycles. The van der Waals surface area contributed by atoms with Crippen LogP contribution in [0.3, 0.4) is 0 Å². The van der Waals surface area contributed by atoms with Gasteiger partial charge in [0.15, 0.2) is 0 Å². The number of rotatable bonds is 4. The fourth-order valence-corrected chi connectivity index (χ4v) is 1.58. The van der Waals surface area contributed by atoms with E-state index in [0.717, 1.165) is 0 Å². The minimum absolute atomic E-state index is 0.291. The van der Waals surface area contributed by atoms with Crippen LogP contribution in [0.25, 0.3) is 0 Å². The van der Waals surface area contributed by atoms with Crippen LogP contribution in [0.2, 0.25) is 0 Å². The number of alkyl halides is 3. The van der Waals surface area contributed by atoms with E-state index >= 15 is 0 Å². The minimum atomic E-state index is -4.28. The monoisotopic (exact) mass is 271 g/mol. The van der Waals surface area contributed by atoms with Gasteiger partial charge in [0, 0.05) is 6.42 Å². The van der Waals surface area contributed by atoms with Gasteiger partial charge in [0.25, 0.3) is 0 Å². The number of hydrogen-bond donors (Lipinski definition) is 0. The number of carbonyl (C=O) groups excluding carboxylic acids is 1. The summed E-state index contributed by atoms with van der Waals surface area (Å²) >= 11 is 0. The van der Waals surface area contributed by atoms with Crippen molar-refractivity contribution in [2.45, 2.75) is 24.9 Å². The highest BCUT2D eigenvalue weighted by atomic mass is 19.4. The molecule has 0 aliphatic carbocycles. The molecule has 0 amide bonds. The topological polar surface area (TPSA) is 50.1 Å². The van der Waals surface area contributed by atoms with Crippen molar-refractivity contribution >= 4 is 5.97 Å². The van der Waals surface area contributed by atoms with E-state index < -0.39 is 24.5 Å². The number of benzene rings is 1. The second kappa shape index (κ2) is 6.23. The Kier molecular flexibility index (Phi) is 4.93. The molecule has 19 heavy (non-hydrogen) atoms. The molecule has 0 aromatic heterocycles. The van der Waals surface area contributed by atoms with Gasteiger partial charge in [0.05, 0.1) is 24.7 Å². The maximum Gasteiger partial charge on any atom is 0.389 e. The van der Waals surface area contributed by atoms with Crippen molar-refractivity contribution in [3.05, 3.63) is 35.4 Å². The van der Waals surface area contributed by atoms with E-state index in [-0.39, 0.29) is 6.42 Å². The number of ether oxygens (including phenoxy) is 1. The fraction of sp³-hybridized carbons (Fsp3) is 0.385. The number of nitriles is 1. The highest BCUT2D eigenvalue weighted by Crippen LogP contribution is 2.28. The van der Waals surface area contributed by atoms with Crippen molar-refractivity contribution in [1.82, 2.24) is 0 Å². The molecule has 0 radical (unpaired) electrons. The Hall–Kier alpha value is -2.03. The van der Waals surface area contributed by atoms with Crippen LogP contribution in [0.4, 0.5) is 13.2 Å². The number of halogens is 3. The van der Waals surface area contributed by atoms with E-state index in [1.165, 1.54) is 31.4 Å². The predicted molar refractivity (Wildman–Crippen MR) is 61.4 cm³/mol. The Morgan fingerprint density at radius 2 is 1.95 bits per heavy atom. The van der Waals surface area contributed by atoms with Gasteiger partial charge in [0.1, 0.15) is 0 Å². The van der Waals surface area contributed by atoms with Gasteiger partial charge >= 0.3 is 12.1 Å². The van der Waals surface area contributed by atoms with Crippen molar-refractivity contribution in [3.8, 4) is 6.07 Å². The summed E-state index contributed by atoms with van der Waals surface area (Å²) in [5.74, 6) is -1.37. The molecular formula is C13H12F3NO2. The lowest BCUT2D eigenvalue weighted by Crippen LogP contribution is -2.09. The molecule has 1 aromatic carbocycles. The number of esters is 1. The first-order valence-corrected chi connectivity index (χ1v) is 5.52. The van der Waals surface area contributed by atoms with E-state index in [4.69, 9.17) is 5.26 Å². The van der Waals surface area contributed by atoms with E-state index in [9.17, 15) is 18.0 Å². The van der Waals surface area contributed by atoms with E-state index in [0.29, 0.717) is 11.1 Å². The Morgan fingerprint density at radius 3 is 2.37 bits per heavy atom. The second-order valence-electron chi connectivity index (χ2n) is 3.95. The first-order valence-electron chi connectivity index (χ1n) is 5.52. The minimum Gasteiger partial charge on any atom is -0.465 e. The molecule has 0 aliphatic heterocycles. The first kappa shape index (κ1) is 15.0. The summed E-state index contributed by atoms with van der Waals surface area (Å²) in [7, 11) is 1.23. The van der Waals surface area contributed by atoms with Crippen molar-refractivity contribution in [2.75, 3.05) is 7.11 Å². The van der Waals surface area contributed by atoms with E-state index in [1.54, 1.807) is 0 Å². The molecule has 1 aromatic rings. The molecule has 3 nitrogen and oxygen atoms in total. The normalized spacial score (nSPS) is 12.6. The van der Waals surface area contributed by atoms with Crippen LogP contribution in [-0.2, 0) is 4.74 Å². The summed E-state index contributed by atoms with van der Waals surface area (Å²) in [6.07, 6.45) is -5.58. The lowest BCUT2D eigenvalue weighted by atomic mass is 9.95. The SMILES string of the molecule is COC(=O)c1ccc(C(C#N)CCC(F)(F)F)cc1. The van der Waals surface area contributed by atoms with Gasteiger partial charge in [-0.15, -0.1) is 0 Å². The Bertz CT molecular complexity index is 474. The molecule has 0 saturated carbocycles. The molecular weight excluding hydrogens is 259 g/mol. The van der Waals surface area contributed by atoms with Gasteiger partial charge in [0.2, 0.25) is 0 Å². The van der Waals surface area contributed by atoms with Gasteiger partial charge in [-0.1, -0.05) is 12.1 Å². The highest BCUT2D eigenvalue weighted by molar-refractivity contribution is 5.89. The number of hydrogen-bond acceptors (Lipinski definition) is 3. The molecule has 102 valence electrons. The van der Waals surface area contributed by atoms with Crippen LogP contribution < -0.4 is 0 Å². The van der Waals surface area contributed by atoms with Gasteiger partial charge < -0.3 is 4.74 Å². The summed E-state index contributed by atoms with van der Waals surface area (Å²) in [6.45, 7) is 0. The molecule has 0 aliphatic rings. The van der Waals surface area contributed by atoms with Gasteiger partial charge in [-0.25, -0.2) is 4.79 Å². The molecule has 0 N–H and O–H groups in total. The largest absolute Gasteiger partial charge is 0.465 e. The quantitative estimate of drug-likeness (QED) is 0.788. The number of carbonyl (C=O) groups is 1. The Labute approximate surface area is 108 Å². The predicted octanol–water partition coefficient (Wildman–Crippen LogP) is 3.42. The zero-order valence-electron chi connectivity index (χ0n) is 10.2. The molecule has 0 fully saturated rings. The molecule has 0 heterocycles. The average Bonchev–Trinajstić information content (AvgIpc) is 2.38. The van der Waals surface area contributed by atoms with Gasteiger partial charge in [-0.05, 0) is 24.1 Å². The van der Waals surface area contributed by atoms with Crippen LogP contribution in [0.1, 0.15) is 34.7 Å². The molecule has 1 unspecified atom stereocenters. The van der Waals surface area contributed by atoms with Crippen LogP contribution in [0.15, 0.2) is 24.3 Å². The lowest BCUT2D eigenvalue weighted by molar-refractivity contribution is -0.135. The third-order valence-corrected chi connectivity index (χ3v) is 2.61. The third-order valence-electron chi connectivity index (χ3n) is 2.61. The van der Waals surface area contributed by atoms with Crippen LogP contribution in [-0.4, -0.2) is 19.3 Å². The summed E-state index contributed by atoms with van der Waals surface area (Å²) < 4.78 is 40.8. The van der Waals surface area contributed by atoms with E-state index in [1.807, 2.05) is 6.07 Å². The highest BCUT2D eigenvalue weighted by Gasteiger charge is 2.28. The first-order chi connectivity index (χ1) is 8.87. The maximum atomic E-state index is 12.1. The fourth-order valence-electron chi connectivity index (χ4n) is 1.58. The van der Waals surface area contributed by atoms with Crippen molar-refractivity contribution in [3.63, 3.8) is 0 Å². The third kappa shape index (κ3) is 4.62. The maximum absolute atomic E-state index is 12.1. The van der Waals surface area contributed by atoms with Crippen molar-refractivity contribution in [2.24, 2.45) is 0 Å². The van der Waals surface area contributed by atoms with Crippen LogP contribution in [0, 0.1) is 11.3 Å². The second-order valence-corrected chi connectivity index (χ2v) is 3.95. The summed E-state index contributed by atoms with van der Waals surface area (Å²) in [4.78, 5) is 11.2. The molecule has 1 rings (SSSR count). The molecule has 0 bridgehead atoms. The summed E-state index contributed by atoms with van der Waals surface area (Å²) in [5.41, 5.74) is 0.748. The summed E-state index contributed by atoms with van der Waals surface area (Å²) in [5, 5.41) is 8.89. The lowest BCUT2D eigenvalue weighted by Gasteiger charge is -2.11. The van der Waals surface area contributed by atoms with Gasteiger partial charge in [-0.3, -0.25) is 0 Å². The molecule has 0 spiro atoms. The molecule has 1 atom stereocenters. The van der Waals surface area contributed by atoms with Gasteiger partial charge in [-0.2, -0.15) is 18.4 Å². The standard InChI is InChI=1S/C13H12F3NO2/c1-19-12(18)10-4-2-9(3-5-10)11(8-17)6-7-13(14,15)16/h2-5,11H,6-7H2,1H3. The smallest absolute Gasteiger partial charge is 0.389 e. The Morgan fingerprint density at radius 1 is 1.37 bits per heavy atom. The Balaban J connectivity index is 2.78. The summed E-state index contributed by atoms with van der Waals surface area (Å²) in [6, 6.07) is 7.63. The number of methoxy groups -OCH3 is 1. The molecule has 6 heteroatoms.